The summed E-state index contributed by atoms with van der Waals surface area (Å²) in [5.74, 6) is 0.521. The Morgan fingerprint density at radius 2 is 2.33 bits per heavy atom. The van der Waals surface area contributed by atoms with E-state index in [-0.39, 0.29) is 5.69 Å². The average molecular weight is 164 g/mol. The third-order valence-corrected chi connectivity index (χ3v) is 2.59. The Labute approximate surface area is 70.9 Å². The summed E-state index contributed by atoms with van der Waals surface area (Å²) in [6.45, 7) is 4.41. The summed E-state index contributed by atoms with van der Waals surface area (Å²) in [6, 6.07) is 1.89. The Balaban J connectivity index is 2.32. The van der Waals surface area contributed by atoms with Gasteiger partial charge in [0.25, 0.3) is 0 Å². The van der Waals surface area contributed by atoms with E-state index in [1.807, 2.05) is 6.07 Å². The number of nitrogens with zero attached hydrogens (tertiary/aromatic N) is 1. The standard InChI is InChI=1S/C9H12N2O/c1-9(2)5-6(9)7-3-4-10-8(12)11-7/h3-4,6H,5H2,1-2H3,(H,10,11,12). The van der Waals surface area contributed by atoms with E-state index >= 15 is 0 Å². The van der Waals surface area contributed by atoms with E-state index < -0.39 is 0 Å². The van der Waals surface area contributed by atoms with Crippen LogP contribution < -0.4 is 5.69 Å². The van der Waals surface area contributed by atoms with Crippen LogP contribution in [0.3, 0.4) is 0 Å². The van der Waals surface area contributed by atoms with Crippen molar-refractivity contribution in [2.24, 2.45) is 5.41 Å². The smallest absolute Gasteiger partial charge is 0.310 e. The van der Waals surface area contributed by atoms with Gasteiger partial charge in [-0.05, 0) is 17.9 Å². The number of nitrogens with one attached hydrogen (secondary N) is 1. The normalized spacial score (nSPS) is 25.3. The van der Waals surface area contributed by atoms with Crippen LogP contribution >= 0.6 is 0 Å². The highest BCUT2D eigenvalue weighted by atomic mass is 16.1. The molecule has 12 heavy (non-hydrogen) atoms. The fraction of sp³-hybridized carbons (Fsp3) is 0.556. The summed E-state index contributed by atoms with van der Waals surface area (Å²) < 4.78 is 0. The summed E-state index contributed by atoms with van der Waals surface area (Å²) in [7, 11) is 0. The van der Waals surface area contributed by atoms with E-state index in [2.05, 4.69) is 23.8 Å². The van der Waals surface area contributed by atoms with E-state index in [1.165, 1.54) is 0 Å². The molecule has 1 unspecified atom stereocenters. The molecular formula is C9H12N2O. The quantitative estimate of drug-likeness (QED) is 0.679. The summed E-state index contributed by atoms with van der Waals surface area (Å²) >= 11 is 0. The molecule has 3 heteroatoms. The molecule has 64 valence electrons. The van der Waals surface area contributed by atoms with E-state index in [0.717, 1.165) is 12.1 Å². The Bertz CT molecular complexity index is 354. The number of rotatable bonds is 1. The fourth-order valence-electron chi connectivity index (χ4n) is 1.58. The summed E-state index contributed by atoms with van der Waals surface area (Å²) in [5, 5.41) is 0. The molecule has 0 aromatic carbocycles. The molecule has 1 heterocycles. The first-order chi connectivity index (χ1) is 5.59. The molecule has 2 rings (SSSR count). The molecule has 1 aromatic heterocycles. The maximum Gasteiger partial charge on any atom is 0.345 e. The predicted molar refractivity (Wildman–Crippen MR) is 46.0 cm³/mol. The van der Waals surface area contributed by atoms with Crippen LogP contribution in [0.25, 0.3) is 0 Å². The third-order valence-electron chi connectivity index (χ3n) is 2.59. The number of aromatic amines is 1. The van der Waals surface area contributed by atoms with Crippen molar-refractivity contribution in [3.8, 4) is 0 Å². The Kier molecular flexibility index (Phi) is 1.37. The average Bonchev–Trinajstić information content (AvgIpc) is 2.60. The minimum atomic E-state index is -0.241. The Morgan fingerprint density at radius 3 is 2.83 bits per heavy atom. The van der Waals surface area contributed by atoms with E-state index in [0.29, 0.717) is 11.3 Å². The Morgan fingerprint density at radius 1 is 1.67 bits per heavy atom. The molecule has 0 aliphatic heterocycles. The number of aromatic nitrogens is 2. The highest BCUT2D eigenvalue weighted by Crippen LogP contribution is 2.57. The van der Waals surface area contributed by atoms with Crippen LogP contribution in [0.2, 0.25) is 0 Å². The molecule has 0 bridgehead atoms. The van der Waals surface area contributed by atoms with Gasteiger partial charge in [0, 0.05) is 17.8 Å². The minimum Gasteiger partial charge on any atom is -0.310 e. The molecule has 1 fully saturated rings. The van der Waals surface area contributed by atoms with Crippen LogP contribution in [-0.2, 0) is 0 Å². The fourth-order valence-corrected chi connectivity index (χ4v) is 1.58. The van der Waals surface area contributed by atoms with Crippen LogP contribution in [0.5, 0.6) is 0 Å². The number of hydrogen-bond acceptors (Lipinski definition) is 2. The van der Waals surface area contributed by atoms with Crippen molar-refractivity contribution in [3.63, 3.8) is 0 Å². The van der Waals surface area contributed by atoms with Crippen molar-refractivity contribution >= 4 is 0 Å². The molecule has 0 radical (unpaired) electrons. The minimum absolute atomic E-state index is 0.241. The van der Waals surface area contributed by atoms with Crippen LogP contribution in [0.15, 0.2) is 17.1 Å². The lowest BCUT2D eigenvalue weighted by atomic mass is 10.1. The molecule has 1 aromatic rings. The first-order valence-corrected chi connectivity index (χ1v) is 4.15. The van der Waals surface area contributed by atoms with Crippen molar-refractivity contribution < 1.29 is 0 Å². The monoisotopic (exact) mass is 164 g/mol. The van der Waals surface area contributed by atoms with Gasteiger partial charge in [-0.15, -0.1) is 0 Å². The summed E-state index contributed by atoms with van der Waals surface area (Å²) in [6.07, 6.45) is 2.73. The van der Waals surface area contributed by atoms with Crippen molar-refractivity contribution in [1.29, 1.82) is 0 Å². The zero-order chi connectivity index (χ0) is 8.77. The van der Waals surface area contributed by atoms with Gasteiger partial charge in [0.05, 0.1) is 0 Å². The van der Waals surface area contributed by atoms with Gasteiger partial charge in [-0.3, -0.25) is 0 Å². The van der Waals surface area contributed by atoms with Crippen LogP contribution in [0, 0.1) is 5.41 Å². The van der Waals surface area contributed by atoms with E-state index in [1.54, 1.807) is 6.20 Å². The van der Waals surface area contributed by atoms with Crippen molar-refractivity contribution in [2.45, 2.75) is 26.2 Å². The van der Waals surface area contributed by atoms with Gasteiger partial charge in [-0.2, -0.15) is 0 Å². The van der Waals surface area contributed by atoms with Crippen LogP contribution in [0.1, 0.15) is 31.9 Å². The number of hydrogen-bond donors (Lipinski definition) is 1. The second kappa shape index (κ2) is 2.19. The number of H-pyrrole nitrogens is 1. The van der Waals surface area contributed by atoms with E-state index in [4.69, 9.17) is 0 Å². The van der Waals surface area contributed by atoms with Gasteiger partial charge >= 0.3 is 5.69 Å². The molecule has 1 aliphatic rings. The molecular weight excluding hydrogens is 152 g/mol. The molecule has 0 spiro atoms. The second-order valence-electron chi connectivity index (χ2n) is 4.08. The van der Waals surface area contributed by atoms with Gasteiger partial charge in [0.15, 0.2) is 0 Å². The zero-order valence-corrected chi connectivity index (χ0v) is 7.29. The van der Waals surface area contributed by atoms with Gasteiger partial charge in [-0.25, -0.2) is 9.78 Å². The summed E-state index contributed by atoms with van der Waals surface area (Å²) in [5.41, 5.74) is 1.15. The highest BCUT2D eigenvalue weighted by molar-refractivity contribution is 5.19. The third kappa shape index (κ3) is 1.15. The Hall–Kier alpha value is -1.12. The lowest BCUT2D eigenvalue weighted by Crippen LogP contribution is -2.11. The molecule has 1 saturated carbocycles. The van der Waals surface area contributed by atoms with Crippen LogP contribution in [0.4, 0.5) is 0 Å². The molecule has 0 saturated heterocycles. The SMILES string of the molecule is CC1(C)CC1c1ccnc(=O)[nH]1. The van der Waals surface area contributed by atoms with Crippen molar-refractivity contribution in [2.75, 3.05) is 0 Å². The van der Waals surface area contributed by atoms with Gasteiger partial charge < -0.3 is 4.98 Å². The topological polar surface area (TPSA) is 45.8 Å². The van der Waals surface area contributed by atoms with Crippen molar-refractivity contribution in [1.82, 2.24) is 9.97 Å². The largest absolute Gasteiger partial charge is 0.345 e. The molecule has 0 amide bonds. The molecule has 1 atom stereocenters. The van der Waals surface area contributed by atoms with Crippen LogP contribution in [-0.4, -0.2) is 9.97 Å². The lowest BCUT2D eigenvalue weighted by Gasteiger charge is -2.01. The van der Waals surface area contributed by atoms with Gasteiger partial charge in [0.1, 0.15) is 0 Å². The summed E-state index contributed by atoms with van der Waals surface area (Å²) in [4.78, 5) is 17.2. The zero-order valence-electron chi connectivity index (χ0n) is 7.29. The van der Waals surface area contributed by atoms with Crippen molar-refractivity contribution in [3.05, 3.63) is 28.4 Å². The van der Waals surface area contributed by atoms with Gasteiger partial charge in [-0.1, -0.05) is 13.8 Å². The first kappa shape index (κ1) is 7.53. The molecule has 1 N–H and O–H groups in total. The predicted octanol–water partition coefficient (Wildman–Crippen LogP) is 1.28. The molecule has 3 nitrogen and oxygen atoms in total. The highest BCUT2D eigenvalue weighted by Gasteiger charge is 2.47. The van der Waals surface area contributed by atoms with E-state index in [9.17, 15) is 4.79 Å². The first-order valence-electron chi connectivity index (χ1n) is 4.15. The maximum atomic E-state index is 10.9. The second-order valence-corrected chi connectivity index (χ2v) is 4.08. The molecule has 1 aliphatic carbocycles. The maximum absolute atomic E-state index is 10.9. The van der Waals surface area contributed by atoms with Gasteiger partial charge in [0.2, 0.25) is 0 Å². The lowest BCUT2D eigenvalue weighted by molar-refractivity contribution is 0.614.